The van der Waals surface area contributed by atoms with E-state index < -0.39 is 0 Å². The molecule has 0 saturated carbocycles. The lowest BCUT2D eigenvalue weighted by Gasteiger charge is -2.26. The average Bonchev–Trinajstić information content (AvgIpc) is 2.13. The highest BCUT2D eigenvalue weighted by Crippen LogP contribution is 2.24. The minimum atomic E-state index is 0.0522. The van der Waals surface area contributed by atoms with Gasteiger partial charge in [-0.1, -0.05) is 11.6 Å². The molecule has 1 aromatic heterocycles. The molecule has 82 valence electrons. The maximum atomic E-state index is 5.80. The molecule has 2 heterocycles. The van der Waals surface area contributed by atoms with Crippen LogP contribution < -0.4 is 15.6 Å². The Labute approximate surface area is 91.9 Å². The first-order valence-electron chi connectivity index (χ1n) is 4.43. The second kappa shape index (κ2) is 4.18. The van der Waals surface area contributed by atoms with Crippen molar-refractivity contribution in [2.45, 2.75) is 6.10 Å². The number of halogens is 1. The number of anilines is 1. The SMILES string of the molecule is CN(N)c1cc(OC2COC2)nnc1Cl. The Bertz CT molecular complexity index is 356. The van der Waals surface area contributed by atoms with Crippen molar-refractivity contribution < 1.29 is 9.47 Å². The number of hydrogen-bond acceptors (Lipinski definition) is 6. The van der Waals surface area contributed by atoms with Crippen LogP contribution >= 0.6 is 11.6 Å². The molecular formula is C8H11ClN4O2. The van der Waals surface area contributed by atoms with E-state index in [-0.39, 0.29) is 11.3 Å². The zero-order chi connectivity index (χ0) is 10.8. The summed E-state index contributed by atoms with van der Waals surface area (Å²) in [5.74, 6) is 5.96. The zero-order valence-electron chi connectivity index (χ0n) is 8.18. The number of nitrogens with two attached hydrogens (primary N) is 1. The fourth-order valence-corrected chi connectivity index (χ4v) is 1.33. The Morgan fingerprint density at radius 3 is 2.87 bits per heavy atom. The minimum absolute atomic E-state index is 0.0522. The number of aromatic nitrogens is 2. The Morgan fingerprint density at radius 1 is 1.60 bits per heavy atom. The van der Waals surface area contributed by atoms with Crippen LogP contribution in [-0.2, 0) is 4.74 Å². The summed E-state index contributed by atoms with van der Waals surface area (Å²) in [5.41, 5.74) is 0.571. The first-order valence-corrected chi connectivity index (χ1v) is 4.80. The van der Waals surface area contributed by atoms with E-state index in [4.69, 9.17) is 26.9 Å². The summed E-state index contributed by atoms with van der Waals surface area (Å²) >= 11 is 5.80. The van der Waals surface area contributed by atoms with Crippen LogP contribution in [0.2, 0.25) is 5.15 Å². The van der Waals surface area contributed by atoms with E-state index in [1.807, 2.05) is 0 Å². The summed E-state index contributed by atoms with van der Waals surface area (Å²) in [7, 11) is 1.67. The van der Waals surface area contributed by atoms with Crippen molar-refractivity contribution in [2.75, 3.05) is 25.3 Å². The van der Waals surface area contributed by atoms with E-state index in [0.717, 1.165) is 0 Å². The maximum Gasteiger partial charge on any atom is 0.236 e. The van der Waals surface area contributed by atoms with Gasteiger partial charge >= 0.3 is 0 Å². The van der Waals surface area contributed by atoms with Gasteiger partial charge in [-0.15, -0.1) is 10.2 Å². The predicted octanol–water partition coefficient (Wildman–Crippen LogP) is 0.217. The fourth-order valence-electron chi connectivity index (χ4n) is 1.11. The van der Waals surface area contributed by atoms with Gasteiger partial charge in [-0.2, -0.15) is 0 Å². The lowest BCUT2D eigenvalue weighted by Crippen LogP contribution is -2.38. The molecule has 1 aliphatic rings. The van der Waals surface area contributed by atoms with Gasteiger partial charge in [0.15, 0.2) is 5.15 Å². The first-order chi connectivity index (χ1) is 7.16. The highest BCUT2D eigenvalue weighted by Gasteiger charge is 2.21. The fraction of sp³-hybridized carbons (Fsp3) is 0.500. The summed E-state index contributed by atoms with van der Waals surface area (Å²) < 4.78 is 10.4. The molecule has 0 atom stereocenters. The topological polar surface area (TPSA) is 73.5 Å². The van der Waals surface area contributed by atoms with Crippen LogP contribution in [0.5, 0.6) is 5.88 Å². The molecular weight excluding hydrogens is 220 g/mol. The predicted molar refractivity (Wildman–Crippen MR) is 54.9 cm³/mol. The number of rotatable bonds is 3. The monoisotopic (exact) mass is 230 g/mol. The molecule has 0 bridgehead atoms. The number of nitrogens with zero attached hydrogens (tertiary/aromatic N) is 3. The van der Waals surface area contributed by atoms with E-state index in [1.165, 1.54) is 5.01 Å². The molecule has 0 unspecified atom stereocenters. The lowest BCUT2D eigenvalue weighted by molar-refractivity contribution is -0.0816. The molecule has 0 aliphatic carbocycles. The van der Waals surface area contributed by atoms with Gasteiger partial charge in [0, 0.05) is 13.1 Å². The molecule has 0 radical (unpaired) electrons. The molecule has 0 aromatic carbocycles. The third-order valence-electron chi connectivity index (χ3n) is 1.98. The van der Waals surface area contributed by atoms with Crippen LogP contribution in [0.25, 0.3) is 0 Å². The van der Waals surface area contributed by atoms with E-state index in [0.29, 0.717) is 24.8 Å². The molecule has 15 heavy (non-hydrogen) atoms. The van der Waals surface area contributed by atoms with Crippen molar-refractivity contribution in [1.82, 2.24) is 10.2 Å². The van der Waals surface area contributed by atoms with Crippen molar-refractivity contribution in [3.8, 4) is 5.88 Å². The summed E-state index contributed by atoms with van der Waals surface area (Å²) in [6, 6.07) is 1.65. The van der Waals surface area contributed by atoms with Crippen LogP contribution in [0, 0.1) is 0 Å². The summed E-state index contributed by atoms with van der Waals surface area (Å²) in [5, 5.41) is 9.15. The third-order valence-corrected chi connectivity index (χ3v) is 2.25. The van der Waals surface area contributed by atoms with Crippen LogP contribution in [0.3, 0.4) is 0 Å². The smallest absolute Gasteiger partial charge is 0.236 e. The minimum Gasteiger partial charge on any atom is -0.468 e. The summed E-state index contributed by atoms with van der Waals surface area (Å²) in [6.07, 6.45) is 0.0522. The average molecular weight is 231 g/mol. The van der Waals surface area contributed by atoms with Crippen molar-refractivity contribution >= 4 is 17.3 Å². The second-order valence-electron chi connectivity index (χ2n) is 3.25. The third kappa shape index (κ3) is 2.28. The van der Waals surface area contributed by atoms with Gasteiger partial charge in [-0.05, 0) is 0 Å². The molecule has 1 aliphatic heterocycles. The Hall–Kier alpha value is -1.11. The number of ether oxygens (including phenoxy) is 2. The van der Waals surface area contributed by atoms with Crippen LogP contribution in [0.4, 0.5) is 5.69 Å². The molecule has 1 aromatic rings. The Balaban J connectivity index is 2.14. The maximum absolute atomic E-state index is 5.80. The second-order valence-corrected chi connectivity index (χ2v) is 3.60. The largest absolute Gasteiger partial charge is 0.468 e. The summed E-state index contributed by atoms with van der Waals surface area (Å²) in [4.78, 5) is 0. The molecule has 7 heteroatoms. The highest BCUT2D eigenvalue weighted by molar-refractivity contribution is 6.31. The van der Waals surface area contributed by atoms with Crippen molar-refractivity contribution in [1.29, 1.82) is 0 Å². The van der Waals surface area contributed by atoms with Gasteiger partial charge in [0.05, 0.1) is 18.9 Å². The normalized spacial score (nSPS) is 15.9. The van der Waals surface area contributed by atoms with Gasteiger partial charge in [0.1, 0.15) is 6.10 Å². The number of hydrogen-bond donors (Lipinski definition) is 1. The van der Waals surface area contributed by atoms with Gasteiger partial charge in [-0.3, -0.25) is 0 Å². The lowest BCUT2D eigenvalue weighted by atomic mass is 10.3. The summed E-state index contributed by atoms with van der Waals surface area (Å²) in [6.45, 7) is 1.16. The van der Waals surface area contributed by atoms with E-state index in [2.05, 4.69) is 10.2 Å². The molecule has 2 rings (SSSR count). The molecule has 0 amide bonds. The Morgan fingerprint density at radius 2 is 2.33 bits per heavy atom. The first kappa shape index (κ1) is 10.4. The molecule has 1 fully saturated rings. The van der Waals surface area contributed by atoms with E-state index >= 15 is 0 Å². The number of hydrazine groups is 1. The molecule has 2 N–H and O–H groups in total. The van der Waals surface area contributed by atoms with Crippen LogP contribution in [0.1, 0.15) is 0 Å². The van der Waals surface area contributed by atoms with Crippen molar-refractivity contribution in [3.63, 3.8) is 0 Å². The van der Waals surface area contributed by atoms with E-state index in [1.54, 1.807) is 13.1 Å². The van der Waals surface area contributed by atoms with Crippen molar-refractivity contribution in [2.24, 2.45) is 5.84 Å². The van der Waals surface area contributed by atoms with Gasteiger partial charge < -0.3 is 14.5 Å². The van der Waals surface area contributed by atoms with E-state index in [9.17, 15) is 0 Å². The van der Waals surface area contributed by atoms with Crippen LogP contribution in [-0.4, -0.2) is 36.6 Å². The van der Waals surface area contributed by atoms with Gasteiger partial charge in [0.2, 0.25) is 5.88 Å². The zero-order valence-corrected chi connectivity index (χ0v) is 8.94. The standard InChI is InChI=1S/C8H11ClN4O2/c1-13(10)6-2-7(11-12-8(6)9)15-5-3-14-4-5/h2,5H,3-4,10H2,1H3. The molecule has 1 saturated heterocycles. The quantitative estimate of drug-likeness (QED) is 0.592. The van der Waals surface area contributed by atoms with Gasteiger partial charge in [0.25, 0.3) is 0 Å². The molecule has 6 nitrogen and oxygen atoms in total. The Kier molecular flexibility index (Phi) is 2.90. The van der Waals surface area contributed by atoms with Gasteiger partial charge in [-0.25, -0.2) is 5.84 Å². The van der Waals surface area contributed by atoms with Crippen LogP contribution in [0.15, 0.2) is 6.07 Å². The highest BCUT2D eigenvalue weighted by atomic mass is 35.5. The molecule has 0 spiro atoms. The van der Waals surface area contributed by atoms with Crippen molar-refractivity contribution in [3.05, 3.63) is 11.2 Å².